The molecule has 1 nitrogen and oxygen atoms in total. The number of hydrogen-bond donors (Lipinski definition) is 1. The fourth-order valence-electron chi connectivity index (χ4n) is 3.01. The lowest BCUT2D eigenvalue weighted by Crippen LogP contribution is -2.39. The Hall–Kier alpha value is -1.08. The second kappa shape index (κ2) is 4.24. The van der Waals surface area contributed by atoms with Crippen molar-refractivity contribution in [2.24, 2.45) is 11.3 Å². The van der Waals surface area contributed by atoms with Crippen LogP contribution in [0.4, 0.5) is 0 Å². The standard InChI is InChI=1S/C17H24O/c1-12(17(4,5)18)16(2,3)15-11-10-13-8-6-7-9-14(13)15/h6-9,11-12,18H,10H2,1-5H3. The molecule has 0 bridgehead atoms. The molecule has 1 heteroatoms. The van der Waals surface area contributed by atoms with Gasteiger partial charge in [-0.15, -0.1) is 0 Å². The summed E-state index contributed by atoms with van der Waals surface area (Å²) in [6, 6.07) is 8.60. The molecular weight excluding hydrogens is 220 g/mol. The van der Waals surface area contributed by atoms with E-state index in [2.05, 4.69) is 51.1 Å². The maximum absolute atomic E-state index is 10.3. The number of fused-ring (bicyclic) bond motifs is 1. The quantitative estimate of drug-likeness (QED) is 0.850. The first kappa shape index (κ1) is 13.4. The maximum Gasteiger partial charge on any atom is 0.0625 e. The fraction of sp³-hybridized carbons (Fsp3) is 0.529. The minimum atomic E-state index is -0.665. The molecule has 0 heterocycles. The molecule has 1 aliphatic rings. The number of benzene rings is 1. The SMILES string of the molecule is CC(C(C)(C)O)C(C)(C)C1=CCc2ccccc21. The van der Waals surface area contributed by atoms with Crippen molar-refractivity contribution in [3.8, 4) is 0 Å². The Balaban J connectivity index is 2.39. The van der Waals surface area contributed by atoms with Crippen LogP contribution in [0.2, 0.25) is 0 Å². The zero-order valence-corrected chi connectivity index (χ0v) is 12.1. The van der Waals surface area contributed by atoms with Crippen molar-refractivity contribution in [3.63, 3.8) is 0 Å². The summed E-state index contributed by atoms with van der Waals surface area (Å²) in [5, 5.41) is 10.3. The van der Waals surface area contributed by atoms with E-state index in [0.717, 1.165) is 6.42 Å². The molecule has 0 radical (unpaired) electrons. The highest BCUT2D eigenvalue weighted by Gasteiger charge is 2.40. The number of hydrogen-bond acceptors (Lipinski definition) is 1. The average Bonchev–Trinajstić information content (AvgIpc) is 2.71. The molecule has 1 aliphatic carbocycles. The highest BCUT2D eigenvalue weighted by Crippen LogP contribution is 2.48. The lowest BCUT2D eigenvalue weighted by atomic mass is 9.66. The molecule has 0 spiro atoms. The number of rotatable bonds is 3. The summed E-state index contributed by atoms with van der Waals surface area (Å²) in [7, 11) is 0. The molecule has 1 aromatic carbocycles. The molecule has 0 aliphatic heterocycles. The van der Waals surface area contributed by atoms with E-state index >= 15 is 0 Å². The van der Waals surface area contributed by atoms with Crippen molar-refractivity contribution in [2.75, 3.05) is 0 Å². The Morgan fingerprint density at radius 2 is 1.72 bits per heavy atom. The highest BCUT2D eigenvalue weighted by atomic mass is 16.3. The van der Waals surface area contributed by atoms with E-state index in [1.54, 1.807) is 0 Å². The minimum absolute atomic E-state index is 0.0230. The third-order valence-corrected chi connectivity index (χ3v) is 4.67. The summed E-state index contributed by atoms with van der Waals surface area (Å²) in [4.78, 5) is 0. The molecule has 0 fully saturated rings. The summed E-state index contributed by atoms with van der Waals surface area (Å²) in [6.07, 6.45) is 3.35. The summed E-state index contributed by atoms with van der Waals surface area (Å²) in [5.41, 5.74) is 3.46. The molecule has 1 N–H and O–H groups in total. The van der Waals surface area contributed by atoms with Crippen LogP contribution in [0, 0.1) is 11.3 Å². The molecular formula is C17H24O. The second-order valence-corrected chi connectivity index (χ2v) is 6.58. The van der Waals surface area contributed by atoms with Gasteiger partial charge in [0, 0.05) is 0 Å². The Morgan fingerprint density at radius 1 is 1.11 bits per heavy atom. The van der Waals surface area contributed by atoms with E-state index < -0.39 is 5.60 Å². The molecule has 1 aromatic rings. The first-order valence-corrected chi connectivity index (χ1v) is 6.76. The molecule has 0 aromatic heterocycles. The first-order chi connectivity index (χ1) is 8.24. The van der Waals surface area contributed by atoms with E-state index in [9.17, 15) is 5.11 Å². The van der Waals surface area contributed by atoms with Gasteiger partial charge < -0.3 is 5.11 Å². The van der Waals surface area contributed by atoms with E-state index in [0.29, 0.717) is 0 Å². The van der Waals surface area contributed by atoms with Crippen LogP contribution in [0.1, 0.15) is 45.7 Å². The summed E-state index contributed by atoms with van der Waals surface area (Å²) in [5.74, 6) is 0.197. The van der Waals surface area contributed by atoms with E-state index in [-0.39, 0.29) is 11.3 Å². The van der Waals surface area contributed by atoms with Crippen molar-refractivity contribution in [1.82, 2.24) is 0 Å². The molecule has 2 rings (SSSR count). The largest absolute Gasteiger partial charge is 0.390 e. The van der Waals surface area contributed by atoms with Crippen LogP contribution in [0.5, 0.6) is 0 Å². The smallest absolute Gasteiger partial charge is 0.0625 e. The Labute approximate surface area is 111 Å². The zero-order valence-electron chi connectivity index (χ0n) is 12.1. The molecule has 18 heavy (non-hydrogen) atoms. The van der Waals surface area contributed by atoms with Gasteiger partial charge in [0.1, 0.15) is 0 Å². The lowest BCUT2D eigenvalue weighted by molar-refractivity contribution is -0.0110. The zero-order chi connectivity index (χ0) is 13.6. The van der Waals surface area contributed by atoms with Crippen molar-refractivity contribution >= 4 is 5.57 Å². The normalized spacial score (nSPS) is 17.3. The first-order valence-electron chi connectivity index (χ1n) is 6.76. The van der Waals surface area contributed by atoms with Crippen LogP contribution < -0.4 is 0 Å². The van der Waals surface area contributed by atoms with Crippen LogP contribution in [0.15, 0.2) is 30.3 Å². The van der Waals surface area contributed by atoms with E-state index in [1.807, 2.05) is 13.8 Å². The van der Waals surface area contributed by atoms with Gasteiger partial charge in [-0.1, -0.05) is 51.1 Å². The monoisotopic (exact) mass is 244 g/mol. The van der Waals surface area contributed by atoms with Crippen molar-refractivity contribution in [3.05, 3.63) is 41.5 Å². The van der Waals surface area contributed by atoms with Gasteiger partial charge in [-0.25, -0.2) is 0 Å². The van der Waals surface area contributed by atoms with Crippen LogP contribution in [-0.2, 0) is 6.42 Å². The van der Waals surface area contributed by atoms with Crippen LogP contribution in [0.3, 0.4) is 0 Å². The fourth-order valence-corrected chi connectivity index (χ4v) is 3.01. The number of allylic oxidation sites excluding steroid dienone is 2. The van der Waals surface area contributed by atoms with Crippen LogP contribution in [0.25, 0.3) is 5.57 Å². The van der Waals surface area contributed by atoms with Crippen molar-refractivity contribution in [2.45, 2.75) is 46.6 Å². The van der Waals surface area contributed by atoms with Crippen LogP contribution in [-0.4, -0.2) is 10.7 Å². The van der Waals surface area contributed by atoms with Gasteiger partial charge in [0.05, 0.1) is 5.60 Å². The molecule has 0 amide bonds. The van der Waals surface area contributed by atoms with Gasteiger partial charge in [-0.2, -0.15) is 0 Å². The predicted octanol–water partition coefficient (Wildman–Crippen LogP) is 4.06. The summed E-state index contributed by atoms with van der Waals surface area (Å²) in [6.45, 7) is 10.4. The van der Waals surface area contributed by atoms with Gasteiger partial charge in [-0.3, -0.25) is 0 Å². The Morgan fingerprint density at radius 3 is 2.33 bits per heavy atom. The van der Waals surface area contributed by atoms with Gasteiger partial charge in [0.25, 0.3) is 0 Å². The maximum atomic E-state index is 10.3. The van der Waals surface area contributed by atoms with E-state index in [1.165, 1.54) is 16.7 Å². The van der Waals surface area contributed by atoms with Gasteiger partial charge >= 0.3 is 0 Å². The average molecular weight is 244 g/mol. The Kier molecular flexibility index (Phi) is 3.14. The third-order valence-electron chi connectivity index (χ3n) is 4.67. The topological polar surface area (TPSA) is 20.2 Å². The lowest BCUT2D eigenvalue weighted by Gasteiger charge is -2.41. The second-order valence-electron chi connectivity index (χ2n) is 6.58. The predicted molar refractivity (Wildman–Crippen MR) is 77.4 cm³/mol. The Bertz CT molecular complexity index is 475. The minimum Gasteiger partial charge on any atom is -0.390 e. The third kappa shape index (κ3) is 2.12. The van der Waals surface area contributed by atoms with Crippen LogP contribution >= 0.6 is 0 Å². The summed E-state index contributed by atoms with van der Waals surface area (Å²) >= 11 is 0. The molecule has 1 atom stereocenters. The molecule has 1 unspecified atom stereocenters. The van der Waals surface area contributed by atoms with Crippen molar-refractivity contribution in [1.29, 1.82) is 0 Å². The number of aliphatic hydroxyl groups is 1. The molecule has 0 saturated carbocycles. The molecule has 98 valence electrons. The van der Waals surface area contributed by atoms with Crippen molar-refractivity contribution < 1.29 is 5.11 Å². The van der Waals surface area contributed by atoms with Gasteiger partial charge in [0.2, 0.25) is 0 Å². The molecule has 0 saturated heterocycles. The highest BCUT2D eigenvalue weighted by molar-refractivity contribution is 5.76. The van der Waals surface area contributed by atoms with Gasteiger partial charge in [0.15, 0.2) is 0 Å². The summed E-state index contributed by atoms with van der Waals surface area (Å²) < 4.78 is 0. The van der Waals surface area contributed by atoms with Gasteiger partial charge in [-0.05, 0) is 48.3 Å². The van der Waals surface area contributed by atoms with E-state index in [4.69, 9.17) is 0 Å².